The summed E-state index contributed by atoms with van der Waals surface area (Å²) in [5.41, 5.74) is 0. The number of hydrogen-bond donors (Lipinski definition) is 1. The minimum atomic E-state index is -3.85. The Morgan fingerprint density at radius 1 is 1.10 bits per heavy atom. The van der Waals surface area contributed by atoms with E-state index in [9.17, 15) is 12.8 Å². The Morgan fingerprint density at radius 3 is 2.57 bits per heavy atom. The highest BCUT2D eigenvalue weighted by atomic mass is 32.2. The molecule has 0 bridgehead atoms. The molecule has 5 nitrogen and oxygen atoms in total. The van der Waals surface area contributed by atoms with Crippen LogP contribution < -0.4 is 4.72 Å². The summed E-state index contributed by atoms with van der Waals surface area (Å²) in [4.78, 5) is -0.312. The highest BCUT2D eigenvalue weighted by molar-refractivity contribution is 7.89. The summed E-state index contributed by atoms with van der Waals surface area (Å²) in [6.07, 6.45) is 1.93. The van der Waals surface area contributed by atoms with Crippen LogP contribution >= 0.6 is 0 Å². The average molecular weight is 315 g/mol. The number of rotatable bonds is 3. The van der Waals surface area contributed by atoms with E-state index in [4.69, 9.17) is 9.47 Å². The molecule has 1 aliphatic heterocycles. The van der Waals surface area contributed by atoms with Gasteiger partial charge in [0, 0.05) is 6.04 Å². The minimum absolute atomic E-state index is 0.0490. The minimum Gasteiger partial charge on any atom is -0.373 e. The van der Waals surface area contributed by atoms with Gasteiger partial charge in [0.15, 0.2) is 0 Å². The summed E-state index contributed by atoms with van der Waals surface area (Å²) in [7, 11) is -3.85. The molecule has 116 valence electrons. The van der Waals surface area contributed by atoms with Crippen LogP contribution in [0.2, 0.25) is 0 Å². The Labute approximate surface area is 123 Å². The Balaban J connectivity index is 1.70. The van der Waals surface area contributed by atoms with Crippen molar-refractivity contribution >= 4 is 10.0 Å². The molecule has 1 saturated carbocycles. The molecule has 2 fully saturated rings. The largest absolute Gasteiger partial charge is 0.373 e. The number of hydrogen-bond acceptors (Lipinski definition) is 4. The summed E-state index contributed by atoms with van der Waals surface area (Å²) in [5, 5.41) is 0. The van der Waals surface area contributed by atoms with Crippen LogP contribution in [0.5, 0.6) is 0 Å². The maximum Gasteiger partial charge on any atom is 0.243 e. The Kier molecular flexibility index (Phi) is 4.26. The second kappa shape index (κ2) is 6.00. The van der Waals surface area contributed by atoms with Crippen molar-refractivity contribution in [2.24, 2.45) is 0 Å². The van der Waals surface area contributed by atoms with Crippen molar-refractivity contribution in [2.75, 3.05) is 13.2 Å². The average Bonchev–Trinajstić information content (AvgIpc) is 2.47. The van der Waals surface area contributed by atoms with Crippen LogP contribution in [0.25, 0.3) is 0 Å². The third kappa shape index (κ3) is 3.26. The van der Waals surface area contributed by atoms with Crippen molar-refractivity contribution in [3.8, 4) is 0 Å². The Hall–Kier alpha value is -1.02. The first-order chi connectivity index (χ1) is 10.1. The predicted octanol–water partition coefficient (Wildman–Crippen LogP) is 1.44. The molecule has 1 heterocycles. The molecule has 1 aromatic rings. The van der Waals surface area contributed by atoms with Gasteiger partial charge in [-0.2, -0.15) is 0 Å². The highest BCUT2D eigenvalue weighted by Crippen LogP contribution is 2.28. The van der Waals surface area contributed by atoms with Crippen molar-refractivity contribution in [3.05, 3.63) is 30.1 Å². The molecule has 1 saturated heterocycles. The molecule has 7 heteroatoms. The number of fused-ring (bicyclic) bond motifs is 1. The van der Waals surface area contributed by atoms with E-state index in [1.165, 1.54) is 18.2 Å². The van der Waals surface area contributed by atoms with Crippen molar-refractivity contribution in [3.63, 3.8) is 0 Å². The second-order valence-corrected chi connectivity index (χ2v) is 7.06. The monoisotopic (exact) mass is 315 g/mol. The van der Waals surface area contributed by atoms with Crippen LogP contribution in [0, 0.1) is 5.82 Å². The Bertz CT molecular complexity index is 607. The standard InChI is InChI=1S/C14H18FNO4S/c15-11-3-1-2-4-14(11)21(17,18)16-10-5-6-12-13(9-10)20-8-7-19-12/h1-4,10,12-13,16H,5-9H2. The van der Waals surface area contributed by atoms with Crippen LogP contribution in [-0.2, 0) is 19.5 Å². The van der Waals surface area contributed by atoms with E-state index in [2.05, 4.69) is 4.72 Å². The fourth-order valence-corrected chi connectivity index (χ4v) is 4.28. The lowest BCUT2D eigenvalue weighted by atomic mass is 9.90. The number of benzene rings is 1. The van der Waals surface area contributed by atoms with E-state index in [0.29, 0.717) is 26.1 Å². The normalized spacial score (nSPS) is 29.9. The topological polar surface area (TPSA) is 64.6 Å². The van der Waals surface area contributed by atoms with Gasteiger partial charge >= 0.3 is 0 Å². The lowest BCUT2D eigenvalue weighted by molar-refractivity contribution is -0.156. The van der Waals surface area contributed by atoms with Gasteiger partial charge in [0.2, 0.25) is 10.0 Å². The molecule has 3 unspecified atom stereocenters. The molecule has 1 aliphatic carbocycles. The predicted molar refractivity (Wildman–Crippen MR) is 73.8 cm³/mol. The van der Waals surface area contributed by atoms with Crippen molar-refractivity contribution in [1.82, 2.24) is 4.72 Å². The molecule has 2 aliphatic rings. The van der Waals surface area contributed by atoms with Gasteiger partial charge in [0.25, 0.3) is 0 Å². The molecule has 21 heavy (non-hydrogen) atoms. The summed E-state index contributed by atoms with van der Waals surface area (Å²) in [5.74, 6) is -0.740. The molecule has 3 rings (SSSR count). The van der Waals surface area contributed by atoms with Crippen LogP contribution in [0.15, 0.2) is 29.2 Å². The quantitative estimate of drug-likeness (QED) is 0.917. The molecule has 0 amide bonds. The summed E-state index contributed by atoms with van der Waals surface area (Å²) in [6.45, 7) is 1.13. The van der Waals surface area contributed by atoms with Gasteiger partial charge in [-0.1, -0.05) is 12.1 Å². The number of halogens is 1. The van der Waals surface area contributed by atoms with Gasteiger partial charge in [0.05, 0.1) is 25.4 Å². The summed E-state index contributed by atoms with van der Waals surface area (Å²) < 4.78 is 52.0. The van der Waals surface area contributed by atoms with Crippen LogP contribution in [0.4, 0.5) is 4.39 Å². The van der Waals surface area contributed by atoms with Crippen molar-refractivity contribution < 1.29 is 22.3 Å². The van der Waals surface area contributed by atoms with Gasteiger partial charge in [0.1, 0.15) is 10.7 Å². The molecular formula is C14H18FNO4S. The molecule has 0 aromatic heterocycles. The molecule has 1 N–H and O–H groups in total. The van der Waals surface area contributed by atoms with E-state index >= 15 is 0 Å². The Morgan fingerprint density at radius 2 is 1.81 bits per heavy atom. The number of ether oxygens (including phenoxy) is 2. The molecule has 1 aromatic carbocycles. The smallest absolute Gasteiger partial charge is 0.243 e. The maximum absolute atomic E-state index is 13.6. The lowest BCUT2D eigenvalue weighted by Crippen LogP contribution is -2.49. The van der Waals surface area contributed by atoms with E-state index in [0.717, 1.165) is 12.5 Å². The zero-order valence-electron chi connectivity index (χ0n) is 11.5. The SMILES string of the molecule is O=S(=O)(NC1CCC2OCCOC2C1)c1ccccc1F. The van der Waals surface area contributed by atoms with Crippen LogP contribution in [0.1, 0.15) is 19.3 Å². The van der Waals surface area contributed by atoms with Gasteiger partial charge in [-0.15, -0.1) is 0 Å². The third-order valence-corrected chi connectivity index (χ3v) is 5.48. The van der Waals surface area contributed by atoms with Crippen LogP contribution in [-0.4, -0.2) is 39.9 Å². The van der Waals surface area contributed by atoms with Crippen LogP contribution in [0.3, 0.4) is 0 Å². The molecule has 3 atom stereocenters. The number of nitrogens with one attached hydrogen (secondary N) is 1. The summed E-state index contributed by atoms with van der Waals surface area (Å²) in [6, 6.07) is 5.13. The second-order valence-electron chi connectivity index (χ2n) is 5.38. The van der Waals surface area contributed by atoms with Gasteiger partial charge in [-0.05, 0) is 31.4 Å². The fourth-order valence-electron chi connectivity index (χ4n) is 2.92. The fraction of sp³-hybridized carbons (Fsp3) is 0.571. The van der Waals surface area contributed by atoms with Gasteiger partial charge in [-0.3, -0.25) is 0 Å². The van der Waals surface area contributed by atoms with E-state index in [-0.39, 0.29) is 23.1 Å². The van der Waals surface area contributed by atoms with Gasteiger partial charge < -0.3 is 9.47 Å². The van der Waals surface area contributed by atoms with E-state index in [1.807, 2.05) is 0 Å². The lowest BCUT2D eigenvalue weighted by Gasteiger charge is -2.38. The molecule has 0 radical (unpaired) electrons. The first-order valence-electron chi connectivity index (χ1n) is 7.06. The van der Waals surface area contributed by atoms with Crippen molar-refractivity contribution in [2.45, 2.75) is 42.4 Å². The highest BCUT2D eigenvalue weighted by Gasteiger charge is 2.36. The first kappa shape index (κ1) is 14.9. The number of sulfonamides is 1. The van der Waals surface area contributed by atoms with E-state index < -0.39 is 15.8 Å². The van der Waals surface area contributed by atoms with Crippen molar-refractivity contribution in [1.29, 1.82) is 0 Å². The van der Waals surface area contributed by atoms with E-state index in [1.54, 1.807) is 0 Å². The maximum atomic E-state index is 13.6. The zero-order chi connectivity index (χ0) is 14.9. The first-order valence-corrected chi connectivity index (χ1v) is 8.54. The molecular weight excluding hydrogens is 297 g/mol. The van der Waals surface area contributed by atoms with Gasteiger partial charge in [-0.25, -0.2) is 17.5 Å². The molecule has 0 spiro atoms. The summed E-state index contributed by atoms with van der Waals surface area (Å²) >= 11 is 0. The zero-order valence-corrected chi connectivity index (χ0v) is 12.3. The third-order valence-electron chi connectivity index (χ3n) is 3.93.